The number of benzene rings is 2. The molecule has 0 bridgehead atoms. The Morgan fingerprint density at radius 1 is 1.04 bits per heavy atom. The molecule has 3 rings (SSSR count). The van der Waals surface area contributed by atoms with Gasteiger partial charge in [-0.25, -0.2) is 0 Å². The lowest BCUT2D eigenvalue weighted by molar-refractivity contribution is -0.117. The molecule has 0 N–H and O–H groups in total. The number of hydrogen-bond acceptors (Lipinski definition) is 5. The van der Waals surface area contributed by atoms with Crippen molar-refractivity contribution in [1.29, 1.82) is 0 Å². The Morgan fingerprint density at radius 2 is 1.71 bits per heavy atom. The summed E-state index contributed by atoms with van der Waals surface area (Å²) in [6, 6.07) is 9.63. The van der Waals surface area contributed by atoms with Crippen molar-refractivity contribution in [3.05, 3.63) is 46.3 Å². The maximum absolute atomic E-state index is 12.7. The molecule has 2 aromatic carbocycles. The molecule has 148 valence electrons. The van der Waals surface area contributed by atoms with Gasteiger partial charge in [0.2, 0.25) is 0 Å². The van der Waals surface area contributed by atoms with E-state index in [9.17, 15) is 4.79 Å². The summed E-state index contributed by atoms with van der Waals surface area (Å²) in [4.78, 5) is 17.7. The topological polar surface area (TPSA) is 62.1 Å². The standard InChI is InChI=1S/C21H24N2O4S/c1-6-23-15-11-17(26-4)18(27-5)12-19(15)28-21(23)22-20(24)10-14-9-13(2)7-8-16(14)25-3/h7-9,11-12H,6,10H2,1-5H3. The van der Waals surface area contributed by atoms with Crippen LogP contribution >= 0.6 is 11.3 Å². The number of rotatable bonds is 6. The van der Waals surface area contributed by atoms with E-state index in [0.717, 1.165) is 21.3 Å². The SMILES string of the molecule is CCn1c(=NC(=O)Cc2cc(C)ccc2OC)sc2cc(OC)c(OC)cc21. The first-order valence-corrected chi connectivity index (χ1v) is 9.78. The average Bonchev–Trinajstić information content (AvgIpc) is 3.02. The van der Waals surface area contributed by atoms with Crippen molar-refractivity contribution in [3.8, 4) is 17.2 Å². The Kier molecular flexibility index (Phi) is 6.04. The predicted molar refractivity (Wildman–Crippen MR) is 111 cm³/mol. The molecule has 0 unspecified atom stereocenters. The second-order valence-electron chi connectivity index (χ2n) is 6.30. The first-order valence-electron chi connectivity index (χ1n) is 8.97. The van der Waals surface area contributed by atoms with Gasteiger partial charge in [-0.15, -0.1) is 0 Å². The Hall–Kier alpha value is -2.80. The molecule has 0 aliphatic rings. The van der Waals surface area contributed by atoms with Crippen molar-refractivity contribution < 1.29 is 19.0 Å². The van der Waals surface area contributed by atoms with Crippen molar-refractivity contribution in [2.24, 2.45) is 4.99 Å². The fraction of sp³-hybridized carbons (Fsp3) is 0.333. The molecule has 1 aromatic heterocycles. The van der Waals surface area contributed by atoms with E-state index < -0.39 is 0 Å². The van der Waals surface area contributed by atoms with Crippen molar-refractivity contribution >= 4 is 27.5 Å². The highest BCUT2D eigenvalue weighted by Crippen LogP contribution is 2.33. The molecule has 7 heteroatoms. The Balaban J connectivity index is 2.03. The molecule has 0 fully saturated rings. The van der Waals surface area contributed by atoms with Crippen molar-refractivity contribution in [2.75, 3.05) is 21.3 Å². The third-order valence-electron chi connectivity index (χ3n) is 4.50. The van der Waals surface area contributed by atoms with Gasteiger partial charge in [-0.3, -0.25) is 4.79 Å². The van der Waals surface area contributed by atoms with Gasteiger partial charge >= 0.3 is 0 Å². The predicted octanol–water partition coefficient (Wildman–Crippen LogP) is 3.73. The summed E-state index contributed by atoms with van der Waals surface area (Å²) in [5.74, 6) is 1.79. The highest BCUT2D eigenvalue weighted by Gasteiger charge is 2.13. The van der Waals surface area contributed by atoms with Crippen LogP contribution in [0.1, 0.15) is 18.1 Å². The number of thiazole rings is 1. The number of nitrogens with zero attached hydrogens (tertiary/aromatic N) is 2. The number of fused-ring (bicyclic) bond motifs is 1. The molecule has 0 radical (unpaired) electrons. The van der Waals surface area contributed by atoms with Gasteiger partial charge in [0.15, 0.2) is 16.3 Å². The summed E-state index contributed by atoms with van der Waals surface area (Å²) in [5, 5.41) is 0. The Bertz CT molecular complexity index is 1080. The minimum absolute atomic E-state index is 0.190. The van der Waals surface area contributed by atoms with Gasteiger partial charge in [0.25, 0.3) is 5.91 Å². The number of aromatic nitrogens is 1. The third-order valence-corrected chi connectivity index (χ3v) is 5.54. The van der Waals surface area contributed by atoms with Crippen LogP contribution in [-0.2, 0) is 17.8 Å². The fourth-order valence-electron chi connectivity index (χ4n) is 3.14. The molecule has 0 aliphatic heterocycles. The zero-order chi connectivity index (χ0) is 20.3. The van der Waals surface area contributed by atoms with E-state index in [0.29, 0.717) is 28.6 Å². The molecule has 3 aromatic rings. The molecule has 1 heterocycles. The van der Waals surface area contributed by atoms with Crippen molar-refractivity contribution in [1.82, 2.24) is 4.57 Å². The lowest BCUT2D eigenvalue weighted by Crippen LogP contribution is -2.16. The van der Waals surface area contributed by atoms with Gasteiger partial charge in [-0.2, -0.15) is 4.99 Å². The van der Waals surface area contributed by atoms with Crippen LogP contribution in [-0.4, -0.2) is 31.8 Å². The van der Waals surface area contributed by atoms with Crippen molar-refractivity contribution in [2.45, 2.75) is 26.8 Å². The molecule has 0 atom stereocenters. The number of amides is 1. The molecule has 6 nitrogen and oxygen atoms in total. The summed E-state index contributed by atoms with van der Waals surface area (Å²) >= 11 is 1.46. The van der Waals surface area contributed by atoms with Crippen molar-refractivity contribution in [3.63, 3.8) is 0 Å². The quantitative estimate of drug-likeness (QED) is 0.633. The number of carbonyl (C=O) groups is 1. The van der Waals surface area contributed by atoms with Gasteiger partial charge in [0, 0.05) is 24.2 Å². The molecular formula is C21H24N2O4S. The minimum atomic E-state index is -0.211. The second kappa shape index (κ2) is 8.48. The Labute approximate surface area is 168 Å². The largest absolute Gasteiger partial charge is 0.496 e. The zero-order valence-corrected chi connectivity index (χ0v) is 17.6. The first-order chi connectivity index (χ1) is 13.5. The number of methoxy groups -OCH3 is 3. The van der Waals surface area contributed by atoms with Crippen LogP contribution < -0.4 is 19.0 Å². The first kappa shape index (κ1) is 19.9. The maximum atomic E-state index is 12.7. The van der Waals surface area contributed by atoms with E-state index in [-0.39, 0.29) is 12.3 Å². The van der Waals surface area contributed by atoms with Gasteiger partial charge in [-0.1, -0.05) is 29.0 Å². The Morgan fingerprint density at radius 3 is 2.36 bits per heavy atom. The summed E-state index contributed by atoms with van der Waals surface area (Å²) in [5.41, 5.74) is 2.88. The van der Waals surface area contributed by atoms with Crippen LogP contribution in [0, 0.1) is 6.92 Å². The van der Waals surface area contributed by atoms with Gasteiger partial charge < -0.3 is 18.8 Å². The van der Waals surface area contributed by atoms with Gasteiger partial charge in [0.05, 0.1) is 38.0 Å². The van der Waals surface area contributed by atoms with Gasteiger partial charge in [-0.05, 0) is 19.9 Å². The summed E-state index contributed by atoms with van der Waals surface area (Å²) in [6.07, 6.45) is 0.190. The van der Waals surface area contributed by atoms with Crippen LogP contribution in [0.5, 0.6) is 17.2 Å². The summed E-state index contributed by atoms with van der Waals surface area (Å²) in [7, 11) is 4.82. The normalized spacial score (nSPS) is 11.7. The molecule has 1 amide bonds. The number of carbonyl (C=O) groups excluding carboxylic acids is 1. The lowest BCUT2D eigenvalue weighted by atomic mass is 10.1. The minimum Gasteiger partial charge on any atom is -0.496 e. The molecule has 0 saturated carbocycles. The maximum Gasteiger partial charge on any atom is 0.252 e. The van der Waals surface area contributed by atoms with E-state index in [4.69, 9.17) is 14.2 Å². The highest BCUT2D eigenvalue weighted by atomic mass is 32.1. The van der Waals surface area contributed by atoms with E-state index in [1.54, 1.807) is 21.3 Å². The molecule has 0 spiro atoms. The van der Waals surface area contributed by atoms with Crippen LogP contribution in [0.15, 0.2) is 35.3 Å². The van der Waals surface area contributed by atoms with E-state index in [1.807, 2.05) is 48.7 Å². The number of hydrogen-bond donors (Lipinski definition) is 0. The number of aryl methyl sites for hydroxylation is 2. The smallest absolute Gasteiger partial charge is 0.252 e. The van der Waals surface area contributed by atoms with Crippen LogP contribution in [0.3, 0.4) is 0 Å². The monoisotopic (exact) mass is 400 g/mol. The molecule has 0 aliphatic carbocycles. The van der Waals surface area contributed by atoms with E-state index >= 15 is 0 Å². The highest BCUT2D eigenvalue weighted by molar-refractivity contribution is 7.16. The summed E-state index contributed by atoms with van der Waals surface area (Å²) < 4.78 is 19.2. The van der Waals surface area contributed by atoms with E-state index in [1.165, 1.54) is 11.3 Å². The third kappa shape index (κ3) is 3.89. The van der Waals surface area contributed by atoms with Gasteiger partial charge in [0.1, 0.15) is 5.75 Å². The molecule has 0 saturated heterocycles. The fourth-order valence-corrected chi connectivity index (χ4v) is 4.26. The van der Waals surface area contributed by atoms with Crippen LogP contribution in [0.2, 0.25) is 0 Å². The second-order valence-corrected chi connectivity index (χ2v) is 7.31. The van der Waals surface area contributed by atoms with Crippen LogP contribution in [0.25, 0.3) is 10.2 Å². The average molecular weight is 401 g/mol. The number of ether oxygens (including phenoxy) is 3. The molecule has 28 heavy (non-hydrogen) atoms. The lowest BCUT2D eigenvalue weighted by Gasteiger charge is -2.08. The zero-order valence-electron chi connectivity index (χ0n) is 16.7. The van der Waals surface area contributed by atoms with E-state index in [2.05, 4.69) is 4.99 Å². The van der Waals surface area contributed by atoms with Crippen LogP contribution in [0.4, 0.5) is 0 Å². The summed E-state index contributed by atoms with van der Waals surface area (Å²) in [6.45, 7) is 4.70. The molecular weight excluding hydrogens is 376 g/mol.